The van der Waals surface area contributed by atoms with Gasteiger partial charge in [-0.3, -0.25) is 0 Å². The summed E-state index contributed by atoms with van der Waals surface area (Å²) in [6.45, 7) is 0. The van der Waals surface area contributed by atoms with E-state index in [0.29, 0.717) is 27.7 Å². The molecule has 0 bridgehead atoms. The Kier molecular flexibility index (Phi) is 3.09. The predicted octanol–water partition coefficient (Wildman–Crippen LogP) is 3.11. The van der Waals surface area contributed by atoms with E-state index in [1.54, 1.807) is 12.1 Å². The highest BCUT2D eigenvalue weighted by Crippen LogP contribution is 2.33. The molecule has 0 aliphatic rings. The quantitative estimate of drug-likeness (QED) is 0.707. The summed E-state index contributed by atoms with van der Waals surface area (Å²) in [4.78, 5) is 7.80. The summed E-state index contributed by atoms with van der Waals surface area (Å²) < 4.78 is 8.34. The molecule has 0 saturated heterocycles. The third kappa shape index (κ3) is 2.27. The lowest BCUT2D eigenvalue weighted by Gasteiger charge is -2.09. The van der Waals surface area contributed by atoms with Crippen molar-refractivity contribution in [3.05, 3.63) is 28.6 Å². The van der Waals surface area contributed by atoms with Gasteiger partial charge in [-0.2, -0.15) is 13.7 Å². The van der Waals surface area contributed by atoms with E-state index in [-0.39, 0.29) is 5.28 Å². The van der Waals surface area contributed by atoms with Gasteiger partial charge in [0.25, 0.3) is 0 Å². The van der Waals surface area contributed by atoms with Gasteiger partial charge in [0.15, 0.2) is 5.82 Å². The Hall–Kier alpha value is -1.70. The third-order valence-corrected chi connectivity index (χ3v) is 3.45. The third-order valence-electron chi connectivity index (χ3n) is 2.41. The van der Waals surface area contributed by atoms with Gasteiger partial charge < -0.3 is 11.1 Å². The van der Waals surface area contributed by atoms with Gasteiger partial charge in [-0.15, -0.1) is 0 Å². The lowest BCUT2D eigenvalue weighted by atomic mass is 10.2. The normalized spacial score (nSPS) is 10.8. The minimum Gasteiger partial charge on any atom is -0.394 e. The predicted molar refractivity (Wildman–Crippen MR) is 77.2 cm³/mol. The van der Waals surface area contributed by atoms with Crippen molar-refractivity contribution in [2.75, 3.05) is 11.1 Å². The Morgan fingerprint density at radius 2 is 2.05 bits per heavy atom. The Morgan fingerprint density at radius 1 is 1.21 bits per heavy atom. The van der Waals surface area contributed by atoms with E-state index in [4.69, 9.17) is 28.9 Å². The van der Waals surface area contributed by atoms with E-state index >= 15 is 0 Å². The van der Waals surface area contributed by atoms with Crippen LogP contribution in [0.1, 0.15) is 0 Å². The molecule has 0 saturated carbocycles. The van der Waals surface area contributed by atoms with Crippen molar-refractivity contribution in [1.29, 1.82) is 0 Å². The number of anilines is 3. The topological polar surface area (TPSA) is 89.6 Å². The van der Waals surface area contributed by atoms with Crippen LogP contribution in [0.3, 0.4) is 0 Å². The molecule has 6 nitrogen and oxygen atoms in total. The number of rotatable bonds is 2. The zero-order chi connectivity index (χ0) is 13.4. The fourth-order valence-electron chi connectivity index (χ4n) is 1.53. The summed E-state index contributed by atoms with van der Waals surface area (Å²) in [5.74, 6) is 0.377. The second-order valence-corrected chi connectivity index (χ2v) is 4.90. The molecule has 3 N–H and O–H groups in total. The SMILES string of the molecule is Nc1cnc(Cl)nc1Nc1c(Cl)ccc2nsnc12. The number of fused-ring (bicyclic) bond motifs is 1. The summed E-state index contributed by atoms with van der Waals surface area (Å²) in [5, 5.41) is 3.61. The van der Waals surface area contributed by atoms with Crippen LogP contribution in [0.5, 0.6) is 0 Å². The van der Waals surface area contributed by atoms with Crippen LogP contribution in [0.2, 0.25) is 10.3 Å². The summed E-state index contributed by atoms with van der Waals surface area (Å²) in [6.07, 6.45) is 1.42. The molecule has 0 unspecified atom stereocenters. The number of aromatic nitrogens is 4. The number of halogens is 2. The summed E-state index contributed by atoms with van der Waals surface area (Å²) >= 11 is 13.0. The average molecular weight is 313 g/mol. The molecule has 19 heavy (non-hydrogen) atoms. The van der Waals surface area contributed by atoms with E-state index < -0.39 is 0 Å². The fourth-order valence-corrected chi connectivity index (χ4v) is 2.41. The maximum atomic E-state index is 6.16. The number of nitrogens with zero attached hydrogens (tertiary/aromatic N) is 4. The molecule has 0 amide bonds. The molecule has 9 heteroatoms. The Labute approximate surface area is 121 Å². The molecule has 0 aliphatic carbocycles. The van der Waals surface area contributed by atoms with Gasteiger partial charge in [-0.25, -0.2) is 4.98 Å². The second kappa shape index (κ2) is 4.76. The summed E-state index contributed by atoms with van der Waals surface area (Å²) in [7, 11) is 0. The van der Waals surface area contributed by atoms with Gasteiger partial charge in [-0.05, 0) is 23.7 Å². The number of nitrogens with two attached hydrogens (primary N) is 1. The molecular formula is C10H6Cl2N6S. The van der Waals surface area contributed by atoms with E-state index in [1.807, 2.05) is 0 Å². The van der Waals surface area contributed by atoms with Crippen LogP contribution in [-0.2, 0) is 0 Å². The number of nitrogen functional groups attached to an aromatic ring is 1. The first kappa shape index (κ1) is 12.3. The van der Waals surface area contributed by atoms with Crippen molar-refractivity contribution < 1.29 is 0 Å². The highest BCUT2D eigenvalue weighted by atomic mass is 35.5. The number of hydrogen-bond acceptors (Lipinski definition) is 7. The van der Waals surface area contributed by atoms with Crippen LogP contribution in [0.15, 0.2) is 18.3 Å². The maximum absolute atomic E-state index is 6.16. The smallest absolute Gasteiger partial charge is 0.224 e. The molecule has 96 valence electrons. The van der Waals surface area contributed by atoms with E-state index in [1.165, 1.54) is 6.20 Å². The molecule has 0 aliphatic heterocycles. The minimum atomic E-state index is 0.0939. The van der Waals surface area contributed by atoms with Gasteiger partial charge in [-0.1, -0.05) is 11.6 Å². The van der Waals surface area contributed by atoms with E-state index in [2.05, 4.69) is 24.0 Å². The first-order chi connectivity index (χ1) is 9.15. The van der Waals surface area contributed by atoms with Crippen molar-refractivity contribution in [2.24, 2.45) is 0 Å². The zero-order valence-electron chi connectivity index (χ0n) is 9.26. The van der Waals surface area contributed by atoms with Crippen LogP contribution >= 0.6 is 34.9 Å². The van der Waals surface area contributed by atoms with Crippen LogP contribution in [0.4, 0.5) is 17.2 Å². The minimum absolute atomic E-state index is 0.0939. The number of nitrogens with one attached hydrogen (secondary N) is 1. The first-order valence-corrected chi connectivity index (χ1v) is 6.59. The van der Waals surface area contributed by atoms with Crippen LogP contribution in [0.25, 0.3) is 11.0 Å². The molecule has 0 radical (unpaired) electrons. The molecule has 1 aromatic carbocycles. The molecule has 3 aromatic rings. The molecule has 0 fully saturated rings. The van der Waals surface area contributed by atoms with E-state index in [9.17, 15) is 0 Å². The molecule has 2 heterocycles. The lowest BCUT2D eigenvalue weighted by Crippen LogP contribution is -2.01. The van der Waals surface area contributed by atoms with Gasteiger partial charge in [0.05, 0.1) is 34.3 Å². The molecule has 0 spiro atoms. The van der Waals surface area contributed by atoms with Gasteiger partial charge in [0, 0.05) is 0 Å². The average Bonchev–Trinajstić information content (AvgIpc) is 2.85. The van der Waals surface area contributed by atoms with Crippen molar-refractivity contribution in [1.82, 2.24) is 18.7 Å². The van der Waals surface area contributed by atoms with Gasteiger partial charge >= 0.3 is 0 Å². The highest BCUT2D eigenvalue weighted by molar-refractivity contribution is 7.00. The van der Waals surface area contributed by atoms with Crippen molar-refractivity contribution in [2.45, 2.75) is 0 Å². The van der Waals surface area contributed by atoms with Gasteiger partial charge in [0.2, 0.25) is 5.28 Å². The standard InChI is InChI=1S/C10H6Cl2N6S/c11-4-1-2-6-8(18-19-17-6)7(4)15-9-5(13)3-14-10(12)16-9/h1-3H,13H2,(H,14,15,16). The monoisotopic (exact) mass is 312 g/mol. The summed E-state index contributed by atoms with van der Waals surface area (Å²) in [6, 6.07) is 3.52. The van der Waals surface area contributed by atoms with Crippen LogP contribution in [-0.4, -0.2) is 18.7 Å². The highest BCUT2D eigenvalue weighted by Gasteiger charge is 2.12. The van der Waals surface area contributed by atoms with Crippen molar-refractivity contribution in [3.63, 3.8) is 0 Å². The van der Waals surface area contributed by atoms with E-state index in [0.717, 1.165) is 17.2 Å². The number of benzene rings is 1. The van der Waals surface area contributed by atoms with Gasteiger partial charge in [0.1, 0.15) is 11.0 Å². The molecule has 2 aromatic heterocycles. The molecular weight excluding hydrogens is 307 g/mol. The number of hydrogen-bond donors (Lipinski definition) is 2. The van der Waals surface area contributed by atoms with Crippen molar-refractivity contribution >= 4 is 63.2 Å². The maximum Gasteiger partial charge on any atom is 0.224 e. The zero-order valence-corrected chi connectivity index (χ0v) is 11.6. The fraction of sp³-hybridized carbons (Fsp3) is 0. The Bertz CT molecular complexity index is 759. The Morgan fingerprint density at radius 3 is 2.89 bits per heavy atom. The first-order valence-electron chi connectivity index (χ1n) is 5.11. The molecule has 3 rings (SSSR count). The Balaban J connectivity index is 2.12. The second-order valence-electron chi connectivity index (χ2n) is 3.62. The molecule has 0 atom stereocenters. The largest absolute Gasteiger partial charge is 0.394 e. The van der Waals surface area contributed by atoms with Crippen LogP contribution < -0.4 is 11.1 Å². The summed E-state index contributed by atoms with van der Waals surface area (Å²) in [5.41, 5.74) is 8.14. The lowest BCUT2D eigenvalue weighted by molar-refractivity contribution is 1.17. The van der Waals surface area contributed by atoms with Crippen LogP contribution in [0, 0.1) is 0 Å². The van der Waals surface area contributed by atoms with Crippen molar-refractivity contribution in [3.8, 4) is 0 Å².